The van der Waals surface area contributed by atoms with Crippen molar-refractivity contribution < 1.29 is 14.7 Å². The molecule has 1 aliphatic rings. The summed E-state index contributed by atoms with van der Waals surface area (Å²) in [5.74, 6) is -0.737. The molecular formula is C12H22N2O3. The van der Waals surface area contributed by atoms with Gasteiger partial charge in [0.05, 0.1) is 5.92 Å². The lowest BCUT2D eigenvalue weighted by Gasteiger charge is -2.22. The van der Waals surface area contributed by atoms with Crippen molar-refractivity contribution in [2.75, 3.05) is 19.6 Å². The quantitative estimate of drug-likeness (QED) is 0.637. The van der Waals surface area contributed by atoms with Gasteiger partial charge in [0.1, 0.15) is 0 Å². The Labute approximate surface area is 102 Å². The second kappa shape index (κ2) is 7.27. The Morgan fingerprint density at radius 3 is 2.88 bits per heavy atom. The molecule has 1 amide bonds. The topological polar surface area (TPSA) is 78.4 Å². The van der Waals surface area contributed by atoms with E-state index in [4.69, 9.17) is 5.11 Å². The van der Waals surface area contributed by atoms with Gasteiger partial charge in [-0.2, -0.15) is 0 Å². The molecule has 0 bridgehead atoms. The van der Waals surface area contributed by atoms with Gasteiger partial charge in [-0.15, -0.1) is 0 Å². The lowest BCUT2D eigenvalue weighted by molar-refractivity contribution is -0.141. The number of piperidine rings is 1. The molecule has 17 heavy (non-hydrogen) atoms. The maximum absolute atomic E-state index is 11.6. The van der Waals surface area contributed by atoms with Crippen molar-refractivity contribution >= 4 is 11.9 Å². The molecule has 0 saturated carbocycles. The van der Waals surface area contributed by atoms with Gasteiger partial charge < -0.3 is 15.7 Å². The smallest absolute Gasteiger partial charge is 0.306 e. The second-order valence-electron chi connectivity index (χ2n) is 4.79. The van der Waals surface area contributed by atoms with Crippen LogP contribution in [-0.2, 0) is 9.59 Å². The highest BCUT2D eigenvalue weighted by atomic mass is 16.4. The summed E-state index contributed by atoms with van der Waals surface area (Å²) in [4.78, 5) is 22.1. The number of amides is 1. The standard InChI is InChI=1S/C12H22N2O3/c1-9(12(16)17)4-6-14-11(15)7-10-3-2-5-13-8-10/h9-10,13H,2-8H2,1H3,(H,14,15)(H,16,17). The van der Waals surface area contributed by atoms with Gasteiger partial charge in [-0.05, 0) is 38.3 Å². The Morgan fingerprint density at radius 2 is 2.29 bits per heavy atom. The van der Waals surface area contributed by atoms with E-state index in [0.717, 1.165) is 25.9 Å². The van der Waals surface area contributed by atoms with Gasteiger partial charge >= 0.3 is 5.97 Å². The van der Waals surface area contributed by atoms with E-state index in [2.05, 4.69) is 10.6 Å². The average molecular weight is 242 g/mol. The summed E-state index contributed by atoms with van der Waals surface area (Å²) in [6, 6.07) is 0. The van der Waals surface area contributed by atoms with E-state index in [1.807, 2.05) is 0 Å². The fourth-order valence-corrected chi connectivity index (χ4v) is 1.98. The molecule has 0 aromatic carbocycles. The third-order valence-electron chi connectivity index (χ3n) is 3.19. The fourth-order valence-electron chi connectivity index (χ4n) is 1.98. The normalized spacial score (nSPS) is 21.8. The van der Waals surface area contributed by atoms with Crippen molar-refractivity contribution in [2.24, 2.45) is 11.8 Å². The van der Waals surface area contributed by atoms with E-state index in [0.29, 0.717) is 25.3 Å². The minimum atomic E-state index is -0.810. The summed E-state index contributed by atoms with van der Waals surface area (Å²) in [6.45, 7) is 4.07. The van der Waals surface area contributed by atoms with Crippen LogP contribution in [0.5, 0.6) is 0 Å². The minimum Gasteiger partial charge on any atom is -0.481 e. The van der Waals surface area contributed by atoms with Crippen molar-refractivity contribution in [3.05, 3.63) is 0 Å². The van der Waals surface area contributed by atoms with E-state index in [9.17, 15) is 9.59 Å². The van der Waals surface area contributed by atoms with Crippen LogP contribution in [0.25, 0.3) is 0 Å². The van der Waals surface area contributed by atoms with Crippen LogP contribution < -0.4 is 10.6 Å². The fraction of sp³-hybridized carbons (Fsp3) is 0.833. The zero-order valence-electron chi connectivity index (χ0n) is 10.4. The van der Waals surface area contributed by atoms with Gasteiger partial charge in [-0.1, -0.05) is 6.92 Å². The van der Waals surface area contributed by atoms with Gasteiger partial charge in [0.15, 0.2) is 0 Å². The van der Waals surface area contributed by atoms with Gasteiger partial charge in [0.2, 0.25) is 5.91 Å². The lowest BCUT2D eigenvalue weighted by atomic mass is 9.96. The van der Waals surface area contributed by atoms with E-state index in [-0.39, 0.29) is 5.91 Å². The third-order valence-corrected chi connectivity index (χ3v) is 3.19. The second-order valence-corrected chi connectivity index (χ2v) is 4.79. The zero-order valence-corrected chi connectivity index (χ0v) is 10.4. The number of hydrogen-bond acceptors (Lipinski definition) is 3. The predicted octanol–water partition coefficient (Wildman–Crippen LogP) is 0.603. The molecule has 1 aliphatic heterocycles. The number of hydrogen-bond donors (Lipinski definition) is 3. The Kier molecular flexibility index (Phi) is 5.97. The summed E-state index contributed by atoms with van der Waals surface area (Å²) >= 11 is 0. The zero-order chi connectivity index (χ0) is 12.7. The molecule has 2 atom stereocenters. The van der Waals surface area contributed by atoms with Crippen molar-refractivity contribution in [3.63, 3.8) is 0 Å². The summed E-state index contributed by atoms with van der Waals surface area (Å²) in [5.41, 5.74) is 0. The van der Waals surface area contributed by atoms with Gasteiger partial charge in [0.25, 0.3) is 0 Å². The Balaban J connectivity index is 2.10. The summed E-state index contributed by atoms with van der Waals surface area (Å²) in [7, 11) is 0. The molecule has 0 aliphatic carbocycles. The van der Waals surface area contributed by atoms with Crippen molar-refractivity contribution in [1.82, 2.24) is 10.6 Å². The maximum atomic E-state index is 11.6. The minimum absolute atomic E-state index is 0.0382. The first-order valence-corrected chi connectivity index (χ1v) is 6.30. The van der Waals surface area contributed by atoms with Gasteiger partial charge in [-0.25, -0.2) is 0 Å². The third kappa shape index (κ3) is 5.68. The lowest BCUT2D eigenvalue weighted by Crippen LogP contribution is -2.34. The first-order valence-electron chi connectivity index (χ1n) is 6.30. The molecule has 0 aromatic heterocycles. The Morgan fingerprint density at radius 1 is 1.53 bits per heavy atom. The Hall–Kier alpha value is -1.10. The molecule has 3 N–H and O–H groups in total. The van der Waals surface area contributed by atoms with Gasteiger partial charge in [-0.3, -0.25) is 9.59 Å². The molecule has 0 aromatic rings. The number of carboxylic acid groups (broad SMARTS) is 1. The molecule has 2 unspecified atom stereocenters. The van der Waals surface area contributed by atoms with Crippen LogP contribution in [0.2, 0.25) is 0 Å². The van der Waals surface area contributed by atoms with Crippen molar-refractivity contribution in [3.8, 4) is 0 Å². The molecule has 5 heteroatoms. The molecule has 98 valence electrons. The van der Waals surface area contributed by atoms with Crippen molar-refractivity contribution in [2.45, 2.75) is 32.6 Å². The average Bonchev–Trinajstić information content (AvgIpc) is 2.30. The number of aliphatic carboxylic acids is 1. The molecule has 1 fully saturated rings. The molecule has 0 spiro atoms. The van der Waals surface area contributed by atoms with Crippen LogP contribution in [0.3, 0.4) is 0 Å². The number of carbonyl (C=O) groups excluding carboxylic acids is 1. The summed E-state index contributed by atoms with van der Waals surface area (Å²) in [6.07, 6.45) is 3.28. The molecule has 1 heterocycles. The highest BCUT2D eigenvalue weighted by Crippen LogP contribution is 2.13. The highest BCUT2D eigenvalue weighted by molar-refractivity contribution is 5.76. The van der Waals surface area contributed by atoms with Gasteiger partial charge in [0, 0.05) is 13.0 Å². The van der Waals surface area contributed by atoms with E-state index >= 15 is 0 Å². The number of carboxylic acids is 1. The van der Waals surface area contributed by atoms with Crippen LogP contribution in [0, 0.1) is 11.8 Å². The van der Waals surface area contributed by atoms with Crippen LogP contribution in [-0.4, -0.2) is 36.6 Å². The number of rotatable bonds is 6. The first kappa shape index (κ1) is 14.0. The first-order chi connectivity index (χ1) is 8.09. The maximum Gasteiger partial charge on any atom is 0.306 e. The van der Waals surface area contributed by atoms with Crippen LogP contribution in [0.4, 0.5) is 0 Å². The molecule has 1 rings (SSSR count). The van der Waals surface area contributed by atoms with Crippen LogP contribution in [0.1, 0.15) is 32.6 Å². The predicted molar refractivity (Wildman–Crippen MR) is 64.6 cm³/mol. The number of carbonyl (C=O) groups is 2. The highest BCUT2D eigenvalue weighted by Gasteiger charge is 2.17. The summed E-state index contributed by atoms with van der Waals surface area (Å²) < 4.78 is 0. The largest absolute Gasteiger partial charge is 0.481 e. The van der Waals surface area contributed by atoms with E-state index < -0.39 is 11.9 Å². The monoisotopic (exact) mass is 242 g/mol. The van der Waals surface area contributed by atoms with Crippen molar-refractivity contribution in [1.29, 1.82) is 0 Å². The molecule has 5 nitrogen and oxygen atoms in total. The van der Waals surface area contributed by atoms with E-state index in [1.165, 1.54) is 0 Å². The Bertz CT molecular complexity index is 262. The summed E-state index contributed by atoms with van der Waals surface area (Å²) in [5, 5.41) is 14.7. The number of nitrogens with one attached hydrogen (secondary N) is 2. The molecule has 0 radical (unpaired) electrons. The van der Waals surface area contributed by atoms with Crippen LogP contribution in [0.15, 0.2) is 0 Å². The van der Waals surface area contributed by atoms with Crippen LogP contribution >= 0.6 is 0 Å². The SMILES string of the molecule is CC(CCNC(=O)CC1CCCNC1)C(=O)O. The van der Waals surface area contributed by atoms with E-state index in [1.54, 1.807) is 6.92 Å². The molecule has 1 saturated heterocycles. The molecular weight excluding hydrogens is 220 g/mol.